The maximum Gasteiger partial charge on any atom is 0.407 e. The highest BCUT2D eigenvalue weighted by Gasteiger charge is 2.46. The predicted octanol–water partition coefficient (Wildman–Crippen LogP) is 5.63. The third-order valence-electron chi connectivity index (χ3n) is 7.83. The summed E-state index contributed by atoms with van der Waals surface area (Å²) in [5.74, 6) is 2.69. The number of carbonyl (C=O) groups is 2. The number of carbonyl (C=O) groups excluding carboxylic acids is 2. The summed E-state index contributed by atoms with van der Waals surface area (Å²) in [4.78, 5) is 29.1. The number of aromatic nitrogens is 1. The van der Waals surface area contributed by atoms with Gasteiger partial charge in [0.1, 0.15) is 11.8 Å². The van der Waals surface area contributed by atoms with Crippen molar-refractivity contribution in [3.8, 4) is 22.8 Å². The van der Waals surface area contributed by atoms with Crippen LogP contribution in [0.15, 0.2) is 73.1 Å². The number of pyridine rings is 1. The van der Waals surface area contributed by atoms with Crippen LogP contribution in [0.3, 0.4) is 0 Å². The summed E-state index contributed by atoms with van der Waals surface area (Å²) in [6.07, 6.45) is 3.29. The monoisotopic (exact) mass is 627 g/mol. The van der Waals surface area contributed by atoms with Gasteiger partial charge in [-0.1, -0.05) is 62.7 Å². The second-order valence-corrected chi connectivity index (χ2v) is 13.0. The lowest BCUT2D eigenvalue weighted by molar-refractivity contribution is -0.131. The number of hydrazine groups is 1. The number of nitrogens with zero attached hydrogens (tertiary/aromatic N) is 3. The van der Waals surface area contributed by atoms with Gasteiger partial charge < -0.3 is 19.5 Å². The number of hydrogen-bond donors (Lipinski definition) is 2. The number of rotatable bonds is 9. The second kappa shape index (κ2) is 16.3. The van der Waals surface area contributed by atoms with E-state index in [2.05, 4.69) is 52.9 Å². The van der Waals surface area contributed by atoms with Gasteiger partial charge in [-0.05, 0) is 73.5 Å². The number of nitrogens with one attached hydrogen (secondary N) is 2. The molecule has 0 aliphatic carbocycles. The molecule has 0 saturated carbocycles. The van der Waals surface area contributed by atoms with Crippen LogP contribution < -0.4 is 15.5 Å². The highest BCUT2D eigenvalue weighted by molar-refractivity contribution is 6.70. The number of ether oxygens (including phenoxy) is 3. The molecule has 2 aromatic carbocycles. The Bertz CT molecular complexity index is 1450. The molecule has 0 bridgehead atoms. The van der Waals surface area contributed by atoms with Crippen LogP contribution in [-0.2, 0) is 20.8 Å². The molecule has 2 heterocycles. The van der Waals surface area contributed by atoms with Gasteiger partial charge >= 0.3 is 12.8 Å². The van der Waals surface area contributed by atoms with Gasteiger partial charge in [0.05, 0.1) is 25.8 Å². The zero-order valence-electron chi connectivity index (χ0n) is 28.2. The Kier molecular flexibility index (Phi) is 12.7. The second-order valence-electron chi connectivity index (χ2n) is 13.0. The molecule has 0 spiro atoms. The van der Waals surface area contributed by atoms with E-state index in [1.54, 1.807) is 12.1 Å². The van der Waals surface area contributed by atoms with Gasteiger partial charge in [0.2, 0.25) is 0 Å². The first-order chi connectivity index (χ1) is 21.7. The van der Waals surface area contributed by atoms with Crippen molar-refractivity contribution in [2.24, 2.45) is 5.41 Å². The molecular formula is C35H46BN5O5. The van der Waals surface area contributed by atoms with E-state index >= 15 is 0 Å². The van der Waals surface area contributed by atoms with E-state index in [1.807, 2.05) is 83.4 Å². The molecule has 2 amide bonds. The Labute approximate surface area is 273 Å². The molecule has 2 atom stereocenters. The molecule has 2 N–H and O–H groups in total. The lowest BCUT2D eigenvalue weighted by Gasteiger charge is -2.33. The van der Waals surface area contributed by atoms with Crippen molar-refractivity contribution in [1.29, 1.82) is 5.26 Å². The summed E-state index contributed by atoms with van der Waals surface area (Å²) in [5.41, 5.74) is 6.54. The van der Waals surface area contributed by atoms with Gasteiger partial charge in [-0.3, -0.25) is 15.2 Å². The van der Waals surface area contributed by atoms with Gasteiger partial charge in [-0.2, -0.15) is 0 Å². The van der Waals surface area contributed by atoms with Crippen molar-refractivity contribution in [3.05, 3.63) is 84.2 Å². The topological polar surface area (TPSA) is 126 Å². The Hall–Kier alpha value is -4.40. The van der Waals surface area contributed by atoms with Gasteiger partial charge in [-0.25, -0.2) is 15.1 Å². The zero-order valence-corrected chi connectivity index (χ0v) is 28.2. The summed E-state index contributed by atoms with van der Waals surface area (Å²) >= 11 is 0. The Balaban J connectivity index is 0.000000365. The van der Waals surface area contributed by atoms with Crippen LogP contribution in [0, 0.1) is 23.6 Å². The molecule has 1 aliphatic rings. The molecule has 2 unspecified atom stereocenters. The molecule has 1 aliphatic heterocycles. The number of hydrogen-bond acceptors (Lipinski definition) is 8. The van der Waals surface area contributed by atoms with Crippen LogP contribution in [0.5, 0.6) is 5.75 Å². The first-order valence-corrected chi connectivity index (χ1v) is 15.3. The Morgan fingerprint density at radius 3 is 2.20 bits per heavy atom. The van der Waals surface area contributed by atoms with E-state index in [4.69, 9.17) is 14.2 Å². The molecule has 244 valence electrons. The standard InChI is InChI=1S/C23H35BN4O5.C12H11N/c1-22(2,3)19(26-21(30)32-7)20(29)27-28(13-16-8-10-17(31-6)11-9-16)14-18-12-24(15-25)23(4,5)33-18;1-10-2-4-11(5-3-10)12-6-8-13-9-7-12/h8-11,18-19H,12-14H2,1-7H3,(H,26,30)(H,27,29);2-9H,1H3. The molecule has 10 nitrogen and oxygen atoms in total. The van der Waals surface area contributed by atoms with Crippen LogP contribution in [0.2, 0.25) is 6.32 Å². The zero-order chi connectivity index (χ0) is 33.9. The average Bonchev–Trinajstić information content (AvgIpc) is 3.32. The third-order valence-corrected chi connectivity index (χ3v) is 7.83. The summed E-state index contributed by atoms with van der Waals surface area (Å²) < 4.78 is 16.0. The van der Waals surface area contributed by atoms with E-state index in [0.29, 0.717) is 19.4 Å². The Morgan fingerprint density at radius 1 is 1.07 bits per heavy atom. The van der Waals surface area contributed by atoms with Crippen LogP contribution in [-0.4, -0.2) is 67.1 Å². The number of benzene rings is 2. The molecule has 4 rings (SSSR count). The summed E-state index contributed by atoms with van der Waals surface area (Å²) in [6.45, 7) is 12.0. The number of nitriles is 1. The molecule has 0 radical (unpaired) electrons. The van der Waals surface area contributed by atoms with E-state index in [9.17, 15) is 14.9 Å². The van der Waals surface area contributed by atoms with E-state index in [1.165, 1.54) is 23.8 Å². The molecule has 46 heavy (non-hydrogen) atoms. The first-order valence-electron chi connectivity index (χ1n) is 15.3. The van der Waals surface area contributed by atoms with Crippen LogP contribution in [0.1, 0.15) is 45.7 Å². The SMILES string of the molecule is COC(=O)NC(C(=O)NN(Cc1ccc(OC)cc1)CC1CB(C#N)C(C)(C)O1)C(C)(C)C.Cc1ccc(-c2ccncc2)cc1. The highest BCUT2D eigenvalue weighted by Crippen LogP contribution is 2.30. The summed E-state index contributed by atoms with van der Waals surface area (Å²) in [6, 6.07) is 19.3. The summed E-state index contributed by atoms with van der Waals surface area (Å²) in [5, 5.41) is 13.9. The molecule has 11 heteroatoms. The minimum Gasteiger partial charge on any atom is -0.497 e. The largest absolute Gasteiger partial charge is 0.497 e. The Morgan fingerprint density at radius 2 is 1.67 bits per heavy atom. The quantitative estimate of drug-likeness (QED) is 0.231. The highest BCUT2D eigenvalue weighted by atomic mass is 16.5. The molecule has 1 fully saturated rings. The van der Waals surface area contributed by atoms with E-state index in [0.717, 1.165) is 11.3 Å². The van der Waals surface area contributed by atoms with Crippen molar-refractivity contribution in [2.75, 3.05) is 20.8 Å². The maximum absolute atomic E-state index is 13.2. The lowest BCUT2D eigenvalue weighted by Crippen LogP contribution is -2.57. The van der Waals surface area contributed by atoms with E-state index < -0.39 is 23.1 Å². The van der Waals surface area contributed by atoms with Crippen molar-refractivity contribution in [1.82, 2.24) is 20.7 Å². The fourth-order valence-corrected chi connectivity index (χ4v) is 5.14. The van der Waals surface area contributed by atoms with Crippen LogP contribution >= 0.6 is 0 Å². The van der Waals surface area contributed by atoms with Crippen LogP contribution in [0.4, 0.5) is 4.79 Å². The lowest BCUT2D eigenvalue weighted by atomic mass is 9.40. The fourth-order valence-electron chi connectivity index (χ4n) is 5.14. The smallest absolute Gasteiger partial charge is 0.407 e. The molecule has 1 aromatic heterocycles. The minimum atomic E-state index is -0.823. The predicted molar refractivity (Wildman–Crippen MR) is 180 cm³/mol. The summed E-state index contributed by atoms with van der Waals surface area (Å²) in [7, 11) is 2.86. The molecular weight excluding hydrogens is 581 g/mol. The number of methoxy groups -OCH3 is 2. The molecule has 1 saturated heterocycles. The van der Waals surface area contributed by atoms with Gasteiger partial charge in [0.25, 0.3) is 5.91 Å². The average molecular weight is 628 g/mol. The third kappa shape index (κ3) is 10.6. The van der Waals surface area contributed by atoms with Crippen molar-refractivity contribution >= 4 is 18.7 Å². The first kappa shape index (κ1) is 36.1. The maximum atomic E-state index is 13.2. The number of amides is 2. The fraction of sp³-hybridized carbons (Fsp3) is 0.429. The number of aryl methyl sites for hydroxylation is 1. The minimum absolute atomic E-state index is 0.232. The van der Waals surface area contributed by atoms with Crippen molar-refractivity contribution < 1.29 is 23.8 Å². The molecule has 3 aromatic rings. The van der Waals surface area contributed by atoms with Crippen LogP contribution in [0.25, 0.3) is 11.1 Å². The van der Waals surface area contributed by atoms with Crippen molar-refractivity contribution in [3.63, 3.8) is 0 Å². The van der Waals surface area contributed by atoms with Crippen molar-refractivity contribution in [2.45, 2.75) is 72.1 Å². The van der Waals surface area contributed by atoms with Gasteiger partial charge in [-0.15, -0.1) is 0 Å². The van der Waals surface area contributed by atoms with E-state index in [-0.39, 0.29) is 18.7 Å². The van der Waals surface area contributed by atoms with Gasteiger partial charge in [0.15, 0.2) is 0 Å². The normalized spacial score (nSPS) is 16.0. The van der Waals surface area contributed by atoms with Gasteiger partial charge in [0, 0.05) is 31.5 Å². The number of alkyl carbamates (subject to hydrolysis) is 1.